The van der Waals surface area contributed by atoms with Crippen LogP contribution >= 0.6 is 0 Å². The Morgan fingerprint density at radius 1 is 1.06 bits per heavy atom. The summed E-state index contributed by atoms with van der Waals surface area (Å²) in [5.74, 6) is -0.733. The summed E-state index contributed by atoms with van der Waals surface area (Å²) >= 11 is 0. The Kier molecular flexibility index (Phi) is 2.94. The molecular weight excluding hydrogens is 248 g/mol. The lowest BCUT2D eigenvalue weighted by Crippen LogP contribution is -2.09. The molecule has 1 heterocycles. The molecule has 0 amide bonds. The zero-order valence-electron chi connectivity index (χ0n) is 9.00. The molecule has 0 aliphatic rings. The molecule has 2 nitrogen and oxygen atoms in total. The van der Waals surface area contributed by atoms with Crippen molar-refractivity contribution in [2.24, 2.45) is 0 Å². The van der Waals surface area contributed by atoms with Crippen LogP contribution in [-0.4, -0.2) is 4.98 Å². The third kappa shape index (κ3) is 2.42. The number of aromatic nitrogens is 1. The summed E-state index contributed by atoms with van der Waals surface area (Å²) in [6.07, 6.45) is -3.51. The summed E-state index contributed by atoms with van der Waals surface area (Å²) in [7, 11) is 0. The van der Waals surface area contributed by atoms with E-state index in [0.29, 0.717) is 0 Å². The number of hydrogen-bond acceptors (Lipinski definition) is 2. The fraction of sp³-hybridized carbons (Fsp3) is 0.0833. The molecule has 0 saturated carbocycles. The monoisotopic (exact) mass is 256 g/mol. The van der Waals surface area contributed by atoms with E-state index >= 15 is 0 Å². The zero-order valence-corrected chi connectivity index (χ0v) is 9.00. The third-order valence-corrected chi connectivity index (χ3v) is 2.39. The van der Waals surface area contributed by atoms with Crippen LogP contribution in [0.15, 0.2) is 36.5 Å². The zero-order chi connectivity index (χ0) is 13.3. The number of nitrogens with two attached hydrogens (primary N) is 1. The summed E-state index contributed by atoms with van der Waals surface area (Å²) in [5.41, 5.74) is 4.47. The van der Waals surface area contributed by atoms with E-state index in [9.17, 15) is 17.6 Å². The molecule has 0 saturated heterocycles. The second-order valence-electron chi connectivity index (χ2n) is 3.66. The van der Waals surface area contributed by atoms with Crippen LogP contribution < -0.4 is 5.73 Å². The van der Waals surface area contributed by atoms with Crippen molar-refractivity contribution in [1.82, 2.24) is 4.98 Å². The summed E-state index contributed by atoms with van der Waals surface area (Å²) in [4.78, 5) is 3.64. The van der Waals surface area contributed by atoms with Gasteiger partial charge in [-0.15, -0.1) is 0 Å². The van der Waals surface area contributed by atoms with Crippen LogP contribution in [0.4, 0.5) is 23.4 Å². The highest BCUT2D eigenvalue weighted by Gasteiger charge is 2.34. The van der Waals surface area contributed by atoms with Crippen LogP contribution in [0.5, 0.6) is 0 Å². The Hall–Kier alpha value is -2.11. The molecule has 0 bridgehead atoms. The lowest BCUT2D eigenvalue weighted by Gasteiger charge is -2.13. The summed E-state index contributed by atoms with van der Waals surface area (Å²) in [5, 5.41) is 0. The van der Waals surface area contributed by atoms with Crippen molar-refractivity contribution in [2.75, 3.05) is 5.73 Å². The molecule has 1 aromatic heterocycles. The van der Waals surface area contributed by atoms with Crippen molar-refractivity contribution in [1.29, 1.82) is 0 Å². The molecule has 0 aliphatic carbocycles. The van der Waals surface area contributed by atoms with Crippen LogP contribution in [0.3, 0.4) is 0 Å². The van der Waals surface area contributed by atoms with Crippen molar-refractivity contribution in [3.05, 3.63) is 47.9 Å². The van der Waals surface area contributed by atoms with E-state index in [1.54, 1.807) is 0 Å². The standard InChI is InChI=1S/C12H8F4N2/c13-8-3-1-7(2-4-8)9-6-18-11(17)5-10(9)12(14,15)16/h1-6H,(H2,17,18). The summed E-state index contributed by atoms with van der Waals surface area (Å²) in [6, 6.07) is 5.46. The minimum Gasteiger partial charge on any atom is -0.384 e. The molecule has 0 unspecified atom stereocenters. The molecule has 18 heavy (non-hydrogen) atoms. The van der Waals surface area contributed by atoms with Crippen LogP contribution in [-0.2, 0) is 6.18 Å². The number of anilines is 1. The highest BCUT2D eigenvalue weighted by Crippen LogP contribution is 2.37. The topological polar surface area (TPSA) is 38.9 Å². The molecule has 94 valence electrons. The Morgan fingerprint density at radius 3 is 2.22 bits per heavy atom. The number of hydrogen-bond donors (Lipinski definition) is 1. The first-order valence-corrected chi connectivity index (χ1v) is 4.96. The van der Waals surface area contributed by atoms with Crippen LogP contribution in [0.1, 0.15) is 5.56 Å². The Morgan fingerprint density at radius 2 is 1.67 bits per heavy atom. The maximum Gasteiger partial charge on any atom is 0.417 e. The lowest BCUT2D eigenvalue weighted by atomic mass is 10.0. The second kappa shape index (κ2) is 4.29. The molecule has 2 aromatic rings. The van der Waals surface area contributed by atoms with Gasteiger partial charge >= 0.3 is 6.18 Å². The number of benzene rings is 1. The number of nitrogens with zero attached hydrogens (tertiary/aromatic N) is 1. The molecule has 0 aliphatic heterocycles. The average Bonchev–Trinajstić information content (AvgIpc) is 2.29. The number of pyridine rings is 1. The fourth-order valence-electron chi connectivity index (χ4n) is 1.57. The highest BCUT2D eigenvalue weighted by atomic mass is 19.4. The van der Waals surface area contributed by atoms with E-state index in [2.05, 4.69) is 4.98 Å². The van der Waals surface area contributed by atoms with E-state index in [1.165, 1.54) is 12.1 Å². The minimum absolute atomic E-state index is 0.128. The van der Waals surface area contributed by atoms with Crippen LogP contribution in [0.2, 0.25) is 0 Å². The predicted octanol–water partition coefficient (Wildman–Crippen LogP) is 3.49. The molecule has 1 aromatic carbocycles. The van der Waals surface area contributed by atoms with E-state index in [-0.39, 0.29) is 16.9 Å². The number of rotatable bonds is 1. The second-order valence-corrected chi connectivity index (χ2v) is 3.66. The smallest absolute Gasteiger partial charge is 0.384 e. The highest BCUT2D eigenvalue weighted by molar-refractivity contribution is 5.68. The van der Waals surface area contributed by atoms with Gasteiger partial charge in [-0.3, -0.25) is 0 Å². The lowest BCUT2D eigenvalue weighted by molar-refractivity contribution is -0.137. The van der Waals surface area contributed by atoms with Gasteiger partial charge in [-0.1, -0.05) is 12.1 Å². The van der Waals surface area contributed by atoms with E-state index in [1.807, 2.05) is 0 Å². The van der Waals surface area contributed by atoms with Gasteiger partial charge < -0.3 is 5.73 Å². The fourth-order valence-corrected chi connectivity index (χ4v) is 1.57. The van der Waals surface area contributed by atoms with Gasteiger partial charge in [0.05, 0.1) is 5.56 Å². The molecule has 6 heteroatoms. The van der Waals surface area contributed by atoms with Crippen molar-refractivity contribution < 1.29 is 17.6 Å². The third-order valence-electron chi connectivity index (χ3n) is 2.39. The largest absolute Gasteiger partial charge is 0.417 e. The predicted molar refractivity (Wildman–Crippen MR) is 59.0 cm³/mol. The molecule has 0 fully saturated rings. The van der Waals surface area contributed by atoms with Gasteiger partial charge in [-0.2, -0.15) is 13.2 Å². The normalized spacial score (nSPS) is 11.6. The van der Waals surface area contributed by atoms with E-state index in [4.69, 9.17) is 5.73 Å². The van der Waals surface area contributed by atoms with Gasteiger partial charge in [0.15, 0.2) is 0 Å². The molecule has 0 spiro atoms. The first-order chi connectivity index (χ1) is 8.38. The maximum atomic E-state index is 12.8. The van der Waals surface area contributed by atoms with Crippen LogP contribution in [0, 0.1) is 5.82 Å². The number of halogens is 4. The van der Waals surface area contributed by atoms with Crippen molar-refractivity contribution >= 4 is 5.82 Å². The Bertz CT molecular complexity index is 561. The van der Waals surface area contributed by atoms with Crippen molar-refractivity contribution in [3.63, 3.8) is 0 Å². The maximum absolute atomic E-state index is 12.8. The number of nitrogen functional groups attached to an aromatic ring is 1. The Labute approximate surface area is 100 Å². The average molecular weight is 256 g/mol. The molecule has 2 rings (SSSR count). The van der Waals surface area contributed by atoms with Gasteiger partial charge in [0, 0.05) is 11.8 Å². The van der Waals surface area contributed by atoms with Gasteiger partial charge in [0.2, 0.25) is 0 Å². The quantitative estimate of drug-likeness (QED) is 0.793. The molecular formula is C12H8F4N2. The molecule has 2 N–H and O–H groups in total. The SMILES string of the molecule is Nc1cc(C(F)(F)F)c(-c2ccc(F)cc2)cn1. The summed E-state index contributed by atoms with van der Waals surface area (Å²) in [6.45, 7) is 0. The number of alkyl halides is 3. The molecule has 0 radical (unpaired) electrons. The minimum atomic E-state index is -4.54. The van der Waals surface area contributed by atoms with E-state index < -0.39 is 17.6 Å². The Balaban J connectivity index is 2.60. The van der Waals surface area contributed by atoms with Gasteiger partial charge in [-0.05, 0) is 23.8 Å². The van der Waals surface area contributed by atoms with E-state index in [0.717, 1.165) is 24.4 Å². The molecule has 0 atom stereocenters. The van der Waals surface area contributed by atoms with Crippen molar-refractivity contribution in [3.8, 4) is 11.1 Å². The van der Waals surface area contributed by atoms with Gasteiger partial charge in [-0.25, -0.2) is 9.37 Å². The van der Waals surface area contributed by atoms with Crippen LogP contribution in [0.25, 0.3) is 11.1 Å². The first-order valence-electron chi connectivity index (χ1n) is 4.96. The van der Waals surface area contributed by atoms with Crippen molar-refractivity contribution in [2.45, 2.75) is 6.18 Å². The van der Waals surface area contributed by atoms with Gasteiger partial charge in [0.1, 0.15) is 11.6 Å². The summed E-state index contributed by atoms with van der Waals surface area (Å²) < 4.78 is 51.3. The first kappa shape index (κ1) is 12.3. The van der Waals surface area contributed by atoms with Gasteiger partial charge in [0.25, 0.3) is 0 Å².